The molecule has 8 nitrogen and oxygen atoms in total. The lowest BCUT2D eigenvalue weighted by Crippen LogP contribution is -2.45. The molecule has 0 radical (unpaired) electrons. The molecule has 11 heteroatoms. The molecule has 0 bridgehead atoms. The fourth-order valence-electron chi connectivity index (χ4n) is 3.02. The first-order valence-corrected chi connectivity index (χ1v) is 13.1. The highest BCUT2D eigenvalue weighted by Gasteiger charge is 2.28. The molecule has 1 amide bonds. The monoisotopic (exact) mass is 491 g/mol. The molecule has 0 aliphatic rings. The van der Waals surface area contributed by atoms with E-state index in [1.54, 1.807) is 30.3 Å². The molecule has 0 unspecified atom stereocenters. The number of benzene rings is 3. The first-order valence-electron chi connectivity index (χ1n) is 9.73. The second-order valence-electron chi connectivity index (χ2n) is 7.23. The maximum absolute atomic E-state index is 14.1. The standard InChI is InChI=1S/C22H22FN3O5S2/c1-32(28,29)25-18-13-11-17(12-14-18)24-22(27)20(15-16-7-3-2-4-8-16)26-33(30,31)21-10-6-5-9-19(21)23/h2-14,20,25-26H,15H2,1H3,(H,24,27)/t20-/m0/s1. The number of anilines is 2. The van der Waals surface area contributed by atoms with Crippen molar-refractivity contribution in [1.29, 1.82) is 0 Å². The molecule has 3 aromatic carbocycles. The minimum absolute atomic E-state index is 0.0219. The summed E-state index contributed by atoms with van der Waals surface area (Å²) in [7, 11) is -7.79. The third-order valence-electron chi connectivity index (χ3n) is 4.48. The van der Waals surface area contributed by atoms with Crippen molar-refractivity contribution in [3.05, 3.63) is 90.2 Å². The normalized spacial score (nSPS) is 12.7. The van der Waals surface area contributed by atoms with Gasteiger partial charge < -0.3 is 5.32 Å². The molecule has 0 heterocycles. The van der Waals surface area contributed by atoms with Crippen LogP contribution < -0.4 is 14.8 Å². The van der Waals surface area contributed by atoms with E-state index in [4.69, 9.17) is 0 Å². The highest BCUT2D eigenvalue weighted by molar-refractivity contribution is 7.92. The van der Waals surface area contributed by atoms with Gasteiger partial charge >= 0.3 is 0 Å². The number of hydrogen-bond donors (Lipinski definition) is 3. The van der Waals surface area contributed by atoms with Crippen LogP contribution in [0.5, 0.6) is 0 Å². The fourth-order valence-corrected chi connectivity index (χ4v) is 4.85. The van der Waals surface area contributed by atoms with Crippen LogP contribution in [0.1, 0.15) is 5.56 Å². The number of halogens is 1. The van der Waals surface area contributed by atoms with Crippen LogP contribution in [0.15, 0.2) is 83.8 Å². The van der Waals surface area contributed by atoms with Gasteiger partial charge in [-0.25, -0.2) is 21.2 Å². The zero-order valence-electron chi connectivity index (χ0n) is 17.5. The van der Waals surface area contributed by atoms with E-state index in [0.29, 0.717) is 16.9 Å². The molecule has 0 aliphatic heterocycles. The molecule has 33 heavy (non-hydrogen) atoms. The van der Waals surface area contributed by atoms with Crippen molar-refractivity contribution >= 4 is 37.3 Å². The fraction of sp³-hybridized carbons (Fsp3) is 0.136. The van der Waals surface area contributed by atoms with Crippen molar-refractivity contribution in [2.45, 2.75) is 17.4 Å². The van der Waals surface area contributed by atoms with Gasteiger partial charge in [0.15, 0.2) is 0 Å². The van der Waals surface area contributed by atoms with Gasteiger partial charge in [0, 0.05) is 11.4 Å². The SMILES string of the molecule is CS(=O)(=O)Nc1ccc(NC(=O)[C@H](Cc2ccccc2)NS(=O)(=O)c2ccccc2F)cc1. The summed E-state index contributed by atoms with van der Waals surface area (Å²) in [5.74, 6) is -1.60. The Morgan fingerprint density at radius 3 is 2.03 bits per heavy atom. The number of carbonyl (C=O) groups excluding carboxylic acids is 1. The van der Waals surface area contributed by atoms with Crippen LogP contribution in [-0.2, 0) is 31.3 Å². The first-order chi connectivity index (χ1) is 15.5. The van der Waals surface area contributed by atoms with E-state index in [0.717, 1.165) is 18.4 Å². The summed E-state index contributed by atoms with van der Waals surface area (Å²) in [6.07, 6.45) is 1.03. The Balaban J connectivity index is 1.83. The summed E-state index contributed by atoms with van der Waals surface area (Å²) in [6, 6.07) is 18.3. The van der Waals surface area contributed by atoms with Crippen molar-refractivity contribution in [3.8, 4) is 0 Å². The Bertz CT molecular complexity index is 1330. The molecule has 0 spiro atoms. The molecule has 3 N–H and O–H groups in total. The quantitative estimate of drug-likeness (QED) is 0.425. The second kappa shape index (κ2) is 10.1. The number of nitrogens with one attached hydrogen (secondary N) is 3. The van der Waals surface area contributed by atoms with Crippen LogP contribution in [0, 0.1) is 5.82 Å². The molecule has 0 fully saturated rings. The Kier molecular flexibility index (Phi) is 7.46. The van der Waals surface area contributed by atoms with Gasteiger partial charge in [-0.05, 0) is 48.4 Å². The summed E-state index contributed by atoms with van der Waals surface area (Å²) >= 11 is 0. The topological polar surface area (TPSA) is 121 Å². The van der Waals surface area contributed by atoms with E-state index in [1.807, 2.05) is 0 Å². The van der Waals surface area contributed by atoms with E-state index < -0.39 is 42.7 Å². The number of rotatable bonds is 9. The number of carbonyl (C=O) groups is 1. The zero-order valence-corrected chi connectivity index (χ0v) is 19.2. The van der Waals surface area contributed by atoms with Crippen molar-refractivity contribution < 1.29 is 26.0 Å². The molecule has 0 saturated carbocycles. The molecule has 3 rings (SSSR count). The van der Waals surface area contributed by atoms with Gasteiger partial charge in [-0.3, -0.25) is 9.52 Å². The van der Waals surface area contributed by atoms with Crippen LogP contribution in [0.4, 0.5) is 15.8 Å². The summed E-state index contributed by atoms with van der Waals surface area (Å²) in [6.45, 7) is 0. The van der Waals surface area contributed by atoms with Crippen LogP contribution in [0.25, 0.3) is 0 Å². The molecule has 174 valence electrons. The molecule has 3 aromatic rings. The Morgan fingerprint density at radius 2 is 1.42 bits per heavy atom. The van der Waals surface area contributed by atoms with E-state index in [1.165, 1.54) is 36.4 Å². The van der Waals surface area contributed by atoms with Crippen LogP contribution in [0.2, 0.25) is 0 Å². The average molecular weight is 492 g/mol. The first kappa shape index (κ1) is 24.4. The third kappa shape index (κ3) is 7.11. The van der Waals surface area contributed by atoms with Crippen molar-refractivity contribution in [1.82, 2.24) is 4.72 Å². The lowest BCUT2D eigenvalue weighted by molar-refractivity contribution is -0.117. The maximum atomic E-state index is 14.1. The predicted octanol–water partition coefficient (Wildman–Crippen LogP) is 2.73. The highest BCUT2D eigenvalue weighted by atomic mass is 32.2. The van der Waals surface area contributed by atoms with Gasteiger partial charge in [0.1, 0.15) is 16.8 Å². The van der Waals surface area contributed by atoms with Crippen molar-refractivity contribution in [2.75, 3.05) is 16.3 Å². The predicted molar refractivity (Wildman–Crippen MR) is 124 cm³/mol. The Morgan fingerprint density at radius 1 is 0.848 bits per heavy atom. The minimum atomic E-state index is -4.34. The molecule has 1 atom stereocenters. The Labute approximate surface area is 192 Å². The lowest BCUT2D eigenvalue weighted by Gasteiger charge is -2.19. The third-order valence-corrected chi connectivity index (χ3v) is 6.59. The van der Waals surface area contributed by atoms with Gasteiger partial charge in [0.2, 0.25) is 26.0 Å². The lowest BCUT2D eigenvalue weighted by atomic mass is 10.1. The van der Waals surface area contributed by atoms with Crippen molar-refractivity contribution in [3.63, 3.8) is 0 Å². The van der Waals surface area contributed by atoms with Gasteiger partial charge in [-0.1, -0.05) is 42.5 Å². The van der Waals surface area contributed by atoms with Crippen molar-refractivity contribution in [2.24, 2.45) is 0 Å². The minimum Gasteiger partial charge on any atom is -0.325 e. The molecule has 0 aromatic heterocycles. The molecular formula is C22H22FN3O5S2. The summed E-state index contributed by atoms with van der Waals surface area (Å²) < 4.78 is 66.9. The average Bonchev–Trinajstić information content (AvgIpc) is 2.74. The maximum Gasteiger partial charge on any atom is 0.244 e. The highest BCUT2D eigenvalue weighted by Crippen LogP contribution is 2.18. The van der Waals surface area contributed by atoms with E-state index in [2.05, 4.69) is 14.8 Å². The van der Waals surface area contributed by atoms with Gasteiger partial charge in [-0.15, -0.1) is 0 Å². The summed E-state index contributed by atoms with van der Waals surface area (Å²) in [5, 5.41) is 2.60. The van der Waals surface area contributed by atoms with E-state index in [-0.39, 0.29) is 6.42 Å². The van der Waals surface area contributed by atoms with E-state index >= 15 is 0 Å². The summed E-state index contributed by atoms with van der Waals surface area (Å²) in [5.41, 5.74) is 1.32. The molecular weight excluding hydrogens is 469 g/mol. The van der Waals surface area contributed by atoms with Gasteiger partial charge in [0.05, 0.1) is 6.26 Å². The van der Waals surface area contributed by atoms with Gasteiger partial charge in [0.25, 0.3) is 0 Å². The molecule has 0 aliphatic carbocycles. The smallest absolute Gasteiger partial charge is 0.244 e. The Hall–Kier alpha value is -3.28. The second-order valence-corrected chi connectivity index (χ2v) is 10.7. The van der Waals surface area contributed by atoms with Crippen LogP contribution in [0.3, 0.4) is 0 Å². The van der Waals surface area contributed by atoms with E-state index in [9.17, 15) is 26.0 Å². The zero-order chi connectivity index (χ0) is 24.1. The van der Waals surface area contributed by atoms with Crippen LogP contribution >= 0.6 is 0 Å². The van der Waals surface area contributed by atoms with Gasteiger partial charge in [-0.2, -0.15) is 4.72 Å². The number of hydrogen-bond acceptors (Lipinski definition) is 5. The summed E-state index contributed by atoms with van der Waals surface area (Å²) in [4.78, 5) is 12.4. The largest absolute Gasteiger partial charge is 0.325 e. The van der Waals surface area contributed by atoms with Crippen LogP contribution in [-0.4, -0.2) is 35.0 Å². The molecule has 0 saturated heterocycles. The number of amides is 1. The number of sulfonamides is 2.